The van der Waals surface area contributed by atoms with Crippen molar-refractivity contribution in [2.75, 3.05) is 20.3 Å². The van der Waals surface area contributed by atoms with E-state index in [0.717, 1.165) is 0 Å². The van der Waals surface area contributed by atoms with E-state index in [9.17, 15) is 4.79 Å². The molecule has 5 nitrogen and oxygen atoms in total. The number of hydrogen-bond donors (Lipinski definition) is 1. The summed E-state index contributed by atoms with van der Waals surface area (Å²) in [6, 6.07) is 0. The molecule has 1 heterocycles. The van der Waals surface area contributed by atoms with E-state index in [1.165, 1.54) is 7.11 Å². The first-order valence-corrected chi connectivity index (χ1v) is 4.09. The fraction of sp³-hybridized carbons (Fsp3) is 0.750. The summed E-state index contributed by atoms with van der Waals surface area (Å²) in [5.41, 5.74) is 0. The first kappa shape index (κ1) is 9.98. The predicted molar refractivity (Wildman–Crippen MR) is 45.9 cm³/mol. The highest BCUT2D eigenvalue weighted by Gasteiger charge is 2.33. The Bertz CT molecular complexity index is 226. The van der Waals surface area contributed by atoms with Crippen LogP contribution < -0.4 is 0 Å². The van der Waals surface area contributed by atoms with Crippen molar-refractivity contribution in [3.63, 3.8) is 0 Å². The Hall–Kier alpha value is -1.10. The summed E-state index contributed by atoms with van der Waals surface area (Å²) in [5, 5.41) is 8.89. The number of ether oxygens (including phenoxy) is 2. The maximum absolute atomic E-state index is 10.8. The molecule has 0 aromatic rings. The van der Waals surface area contributed by atoms with E-state index in [2.05, 4.69) is 4.99 Å². The maximum Gasteiger partial charge on any atom is 0.318 e. The van der Waals surface area contributed by atoms with Gasteiger partial charge in [0.25, 0.3) is 0 Å². The van der Waals surface area contributed by atoms with Crippen molar-refractivity contribution in [2.24, 2.45) is 10.9 Å². The van der Waals surface area contributed by atoms with Crippen molar-refractivity contribution in [3.8, 4) is 0 Å². The van der Waals surface area contributed by atoms with Gasteiger partial charge in [-0.3, -0.25) is 9.79 Å². The number of rotatable bonds is 4. The molecule has 13 heavy (non-hydrogen) atoms. The van der Waals surface area contributed by atoms with Crippen molar-refractivity contribution in [3.05, 3.63) is 0 Å². The van der Waals surface area contributed by atoms with E-state index in [0.29, 0.717) is 13.2 Å². The molecule has 0 aliphatic carbocycles. The Balaban J connectivity index is 2.72. The number of carbonyl (C=O) groups is 1. The minimum absolute atomic E-state index is 0.279. The van der Waals surface area contributed by atoms with Crippen LogP contribution >= 0.6 is 0 Å². The smallest absolute Gasteiger partial charge is 0.318 e. The van der Waals surface area contributed by atoms with Gasteiger partial charge >= 0.3 is 5.97 Å². The molecule has 0 saturated heterocycles. The van der Waals surface area contributed by atoms with Gasteiger partial charge in [-0.15, -0.1) is 0 Å². The van der Waals surface area contributed by atoms with E-state index in [1.807, 2.05) is 0 Å². The molecule has 1 aliphatic heterocycles. The topological polar surface area (TPSA) is 68.1 Å². The Morgan fingerprint density at radius 1 is 1.77 bits per heavy atom. The van der Waals surface area contributed by atoms with E-state index in [4.69, 9.17) is 14.6 Å². The molecular weight excluding hydrogens is 174 g/mol. The Labute approximate surface area is 76.4 Å². The first-order valence-electron chi connectivity index (χ1n) is 4.09. The van der Waals surface area contributed by atoms with Gasteiger partial charge in [0.1, 0.15) is 6.61 Å². The lowest BCUT2D eigenvalue weighted by molar-refractivity contribution is -0.143. The summed E-state index contributed by atoms with van der Waals surface area (Å²) in [5.74, 6) is -1.47. The van der Waals surface area contributed by atoms with Crippen LogP contribution in [-0.2, 0) is 14.3 Å². The molecule has 2 atom stereocenters. The van der Waals surface area contributed by atoms with Crippen molar-refractivity contribution in [2.45, 2.75) is 13.0 Å². The first-order chi connectivity index (χ1) is 6.16. The summed E-state index contributed by atoms with van der Waals surface area (Å²) in [6.07, 6.45) is -0.422. The number of aliphatic imine (C=N–C) groups is 1. The second-order valence-electron chi connectivity index (χ2n) is 2.83. The van der Waals surface area contributed by atoms with Crippen LogP contribution in [0.5, 0.6) is 0 Å². The zero-order chi connectivity index (χ0) is 9.84. The van der Waals surface area contributed by atoms with Gasteiger partial charge in [0.2, 0.25) is 5.90 Å². The second kappa shape index (κ2) is 4.23. The average Bonchev–Trinajstić information content (AvgIpc) is 2.56. The van der Waals surface area contributed by atoms with E-state index >= 15 is 0 Å². The molecule has 0 bridgehead atoms. The van der Waals surface area contributed by atoms with Gasteiger partial charge in [-0.2, -0.15) is 0 Å². The van der Waals surface area contributed by atoms with Crippen LogP contribution in [0.3, 0.4) is 0 Å². The quantitative estimate of drug-likeness (QED) is 0.680. The third kappa shape index (κ3) is 2.18. The number of nitrogens with zero attached hydrogens (tertiary/aromatic N) is 1. The summed E-state index contributed by atoms with van der Waals surface area (Å²) in [6.45, 7) is 2.69. The minimum Gasteiger partial charge on any atom is -0.481 e. The molecule has 0 radical (unpaired) electrons. The van der Waals surface area contributed by atoms with Gasteiger partial charge in [-0.1, -0.05) is 0 Å². The zero-order valence-electron chi connectivity index (χ0n) is 7.69. The SMILES string of the molecule is COC(C)C(C(=O)O)C1=NCCO1. The third-order valence-electron chi connectivity index (χ3n) is 1.98. The normalized spacial score (nSPS) is 20.3. The summed E-state index contributed by atoms with van der Waals surface area (Å²) in [4.78, 5) is 14.8. The van der Waals surface area contributed by atoms with Crippen LogP contribution in [0.2, 0.25) is 0 Å². The molecule has 0 aromatic carbocycles. The lowest BCUT2D eigenvalue weighted by Crippen LogP contribution is -2.34. The van der Waals surface area contributed by atoms with Crippen LogP contribution in [0, 0.1) is 5.92 Å². The van der Waals surface area contributed by atoms with Gasteiger partial charge in [0.05, 0.1) is 12.6 Å². The number of carboxylic acids is 1. The lowest BCUT2D eigenvalue weighted by atomic mass is 10.0. The van der Waals surface area contributed by atoms with Gasteiger partial charge < -0.3 is 14.6 Å². The summed E-state index contributed by atoms with van der Waals surface area (Å²) >= 11 is 0. The molecule has 1 aliphatic rings. The Kier molecular flexibility index (Phi) is 3.25. The van der Waals surface area contributed by atoms with E-state index < -0.39 is 18.0 Å². The predicted octanol–water partition coefficient (Wildman–Crippen LogP) is 0.151. The third-order valence-corrected chi connectivity index (χ3v) is 1.98. The largest absolute Gasteiger partial charge is 0.481 e. The molecule has 0 spiro atoms. The average molecular weight is 187 g/mol. The fourth-order valence-corrected chi connectivity index (χ4v) is 1.18. The number of carboxylic acid groups (broad SMARTS) is 1. The molecule has 0 saturated carbocycles. The van der Waals surface area contributed by atoms with Crippen LogP contribution in [-0.4, -0.2) is 43.3 Å². The molecule has 0 aromatic heterocycles. The van der Waals surface area contributed by atoms with Crippen LogP contribution in [0.1, 0.15) is 6.92 Å². The van der Waals surface area contributed by atoms with Crippen molar-refractivity contribution in [1.29, 1.82) is 0 Å². The highest BCUT2D eigenvalue weighted by molar-refractivity contribution is 5.98. The molecule has 5 heteroatoms. The maximum atomic E-state index is 10.8. The van der Waals surface area contributed by atoms with E-state index in [-0.39, 0.29) is 5.90 Å². The van der Waals surface area contributed by atoms with Gasteiger partial charge in [-0.25, -0.2) is 0 Å². The number of hydrogen-bond acceptors (Lipinski definition) is 4. The number of methoxy groups -OCH3 is 1. The molecule has 0 amide bonds. The van der Waals surface area contributed by atoms with Crippen molar-refractivity contribution >= 4 is 11.9 Å². The van der Waals surface area contributed by atoms with Crippen molar-refractivity contribution in [1.82, 2.24) is 0 Å². The summed E-state index contributed by atoms with van der Waals surface area (Å²) < 4.78 is 10.0. The van der Waals surface area contributed by atoms with Crippen LogP contribution in [0.25, 0.3) is 0 Å². The Morgan fingerprint density at radius 3 is 2.85 bits per heavy atom. The molecule has 74 valence electrons. The molecule has 1 N–H and O–H groups in total. The van der Waals surface area contributed by atoms with Gasteiger partial charge in [0.15, 0.2) is 5.92 Å². The van der Waals surface area contributed by atoms with Crippen LogP contribution in [0.15, 0.2) is 4.99 Å². The van der Waals surface area contributed by atoms with E-state index in [1.54, 1.807) is 6.92 Å². The monoisotopic (exact) mass is 187 g/mol. The number of aliphatic carboxylic acids is 1. The van der Waals surface area contributed by atoms with Gasteiger partial charge in [-0.05, 0) is 6.92 Å². The van der Waals surface area contributed by atoms with Crippen molar-refractivity contribution < 1.29 is 19.4 Å². The van der Waals surface area contributed by atoms with Gasteiger partial charge in [0, 0.05) is 7.11 Å². The second-order valence-corrected chi connectivity index (χ2v) is 2.83. The molecular formula is C8H13NO4. The van der Waals surface area contributed by atoms with Crippen LogP contribution in [0.4, 0.5) is 0 Å². The highest BCUT2D eigenvalue weighted by Crippen LogP contribution is 2.13. The lowest BCUT2D eigenvalue weighted by Gasteiger charge is -2.17. The molecule has 1 rings (SSSR count). The summed E-state index contributed by atoms with van der Waals surface area (Å²) in [7, 11) is 1.47. The fourth-order valence-electron chi connectivity index (χ4n) is 1.18. The molecule has 2 unspecified atom stereocenters. The zero-order valence-corrected chi connectivity index (χ0v) is 7.69. The highest BCUT2D eigenvalue weighted by atomic mass is 16.5. The standard InChI is InChI=1S/C8H13NO4/c1-5(12-2)6(8(10)11)7-9-3-4-13-7/h5-6H,3-4H2,1-2H3,(H,10,11). The molecule has 0 fully saturated rings. The Morgan fingerprint density at radius 2 is 2.46 bits per heavy atom. The minimum atomic E-state index is -0.963.